The summed E-state index contributed by atoms with van der Waals surface area (Å²) in [4.78, 5) is 4.38. The van der Waals surface area contributed by atoms with Crippen LogP contribution in [0.2, 0.25) is 0 Å². The predicted molar refractivity (Wildman–Crippen MR) is 119 cm³/mol. The van der Waals surface area contributed by atoms with E-state index in [4.69, 9.17) is 5.41 Å². The summed E-state index contributed by atoms with van der Waals surface area (Å²) in [5, 5.41) is 20.4. The van der Waals surface area contributed by atoms with E-state index in [1.807, 2.05) is 19.5 Å². The molecule has 2 aromatic rings. The van der Waals surface area contributed by atoms with Crippen LogP contribution in [0.4, 0.5) is 5.82 Å². The Hall–Kier alpha value is -2.65. The summed E-state index contributed by atoms with van der Waals surface area (Å²) in [5.41, 5.74) is 1.76. The molecule has 8 nitrogen and oxygen atoms in total. The van der Waals surface area contributed by atoms with E-state index in [1.54, 1.807) is 27.8 Å². The Balaban J connectivity index is 1.85. The summed E-state index contributed by atoms with van der Waals surface area (Å²) in [6.07, 6.45) is 14.3. The quantitative estimate of drug-likeness (QED) is 0.458. The Morgan fingerprint density at radius 1 is 1.55 bits per heavy atom. The van der Waals surface area contributed by atoms with Crippen molar-refractivity contribution in [3.05, 3.63) is 53.5 Å². The summed E-state index contributed by atoms with van der Waals surface area (Å²) in [5.74, 6) is 0.901. The van der Waals surface area contributed by atoms with Gasteiger partial charge in [0.25, 0.3) is 0 Å². The third-order valence-corrected chi connectivity index (χ3v) is 5.27. The molecule has 1 unspecified atom stereocenters. The van der Waals surface area contributed by atoms with Crippen LogP contribution in [0.3, 0.4) is 0 Å². The minimum absolute atomic E-state index is 0.231. The molecule has 1 saturated heterocycles. The molecule has 0 bridgehead atoms. The van der Waals surface area contributed by atoms with Gasteiger partial charge in [0.05, 0.1) is 16.9 Å². The molecule has 0 radical (unpaired) electrons. The number of hydrogen-bond donors (Lipinski definition) is 3. The summed E-state index contributed by atoms with van der Waals surface area (Å²) >= 11 is 1.38. The normalized spacial score (nSPS) is 17.6. The highest BCUT2D eigenvalue weighted by molar-refractivity contribution is 8.02. The topological polar surface area (TPSA) is 95.9 Å². The number of piperidine rings is 1. The third kappa shape index (κ3) is 5.68. The molecule has 0 aliphatic carbocycles. The second-order valence-corrected chi connectivity index (χ2v) is 7.73. The molecule has 2 aromatic heterocycles. The average molecular weight is 413 g/mol. The van der Waals surface area contributed by atoms with Gasteiger partial charge in [-0.15, -0.1) is 0 Å². The van der Waals surface area contributed by atoms with E-state index in [9.17, 15) is 0 Å². The average Bonchev–Trinajstić information content (AvgIpc) is 3.16. The highest BCUT2D eigenvalue weighted by Gasteiger charge is 2.14. The molecule has 9 heteroatoms. The largest absolute Gasteiger partial charge is 0.331 e. The smallest absolute Gasteiger partial charge is 0.174 e. The van der Waals surface area contributed by atoms with Gasteiger partial charge in [0.15, 0.2) is 11.3 Å². The molecule has 0 amide bonds. The van der Waals surface area contributed by atoms with Crippen LogP contribution < -0.4 is 16.1 Å². The van der Waals surface area contributed by atoms with Gasteiger partial charge in [-0.05, 0) is 37.8 Å². The first kappa shape index (κ1) is 21.1. The van der Waals surface area contributed by atoms with Gasteiger partial charge in [-0.3, -0.25) is 14.7 Å². The molecule has 1 fully saturated rings. The van der Waals surface area contributed by atoms with E-state index in [0.29, 0.717) is 17.4 Å². The first-order chi connectivity index (χ1) is 14.1. The summed E-state index contributed by atoms with van der Waals surface area (Å²) in [6, 6.07) is 0. The Labute approximate surface area is 175 Å². The monoisotopic (exact) mass is 412 g/mol. The first-order valence-electron chi connectivity index (χ1n) is 9.77. The lowest BCUT2D eigenvalue weighted by Crippen LogP contribution is -2.29. The zero-order valence-electron chi connectivity index (χ0n) is 16.9. The van der Waals surface area contributed by atoms with Crippen molar-refractivity contribution in [3.63, 3.8) is 0 Å². The Morgan fingerprint density at radius 3 is 3.10 bits per heavy atom. The molecule has 0 spiro atoms. The van der Waals surface area contributed by atoms with Crippen LogP contribution in [0.1, 0.15) is 31.7 Å². The van der Waals surface area contributed by atoms with Crippen molar-refractivity contribution in [2.75, 3.05) is 18.4 Å². The van der Waals surface area contributed by atoms with Crippen molar-refractivity contribution in [2.45, 2.75) is 26.2 Å². The number of rotatable bonds is 8. The van der Waals surface area contributed by atoms with Crippen LogP contribution >= 0.6 is 11.9 Å². The van der Waals surface area contributed by atoms with E-state index in [2.05, 4.69) is 44.7 Å². The van der Waals surface area contributed by atoms with Gasteiger partial charge in [-0.25, -0.2) is 9.38 Å². The van der Waals surface area contributed by atoms with Gasteiger partial charge in [0, 0.05) is 55.9 Å². The molecule has 1 aliphatic rings. The van der Waals surface area contributed by atoms with Gasteiger partial charge in [-0.2, -0.15) is 5.10 Å². The molecule has 0 aromatic carbocycles. The van der Waals surface area contributed by atoms with Crippen molar-refractivity contribution in [2.24, 2.45) is 17.4 Å². The Morgan fingerprint density at radius 2 is 2.41 bits per heavy atom. The number of aryl methyl sites for hydroxylation is 1. The maximum absolute atomic E-state index is 8.62. The molecular formula is C20H28N8S. The highest BCUT2D eigenvalue weighted by Crippen LogP contribution is 2.23. The van der Waals surface area contributed by atoms with Crippen molar-refractivity contribution < 1.29 is 0 Å². The molecule has 3 N–H and O–H groups in total. The minimum Gasteiger partial charge on any atom is -0.331 e. The highest BCUT2D eigenvalue weighted by atomic mass is 32.2. The second-order valence-electron chi connectivity index (χ2n) is 6.89. The van der Waals surface area contributed by atoms with Gasteiger partial charge in [0.1, 0.15) is 0 Å². The fraction of sp³-hybridized carbons (Fsp3) is 0.400. The minimum atomic E-state index is 0.231. The lowest BCUT2D eigenvalue weighted by Gasteiger charge is -2.21. The molecule has 0 saturated carbocycles. The summed E-state index contributed by atoms with van der Waals surface area (Å²) in [7, 11) is 1.85. The molecule has 29 heavy (non-hydrogen) atoms. The van der Waals surface area contributed by atoms with Crippen LogP contribution in [0, 0.1) is 11.3 Å². The second kappa shape index (κ2) is 10.2. The van der Waals surface area contributed by atoms with Crippen LogP contribution in [0.15, 0.2) is 46.9 Å². The van der Waals surface area contributed by atoms with Crippen molar-refractivity contribution >= 4 is 29.7 Å². The lowest BCUT2D eigenvalue weighted by molar-refractivity contribution is 0.438. The fourth-order valence-corrected chi connectivity index (χ4v) is 3.80. The molecular weight excluding hydrogens is 384 g/mol. The van der Waals surface area contributed by atoms with Crippen LogP contribution in [-0.4, -0.2) is 38.6 Å². The van der Waals surface area contributed by atoms with Crippen molar-refractivity contribution in [3.8, 4) is 0 Å². The SMILES string of the molecule is C=C(c1cnn(C)c1)n1ccnc(N/C(=C\C2CCCNC2)S/N=C\CC)c1=N. The van der Waals surface area contributed by atoms with Gasteiger partial charge in [0.2, 0.25) is 0 Å². The molecule has 154 valence electrons. The van der Waals surface area contributed by atoms with E-state index < -0.39 is 0 Å². The van der Waals surface area contributed by atoms with Crippen LogP contribution in [0.25, 0.3) is 5.70 Å². The number of anilines is 1. The van der Waals surface area contributed by atoms with Gasteiger partial charge >= 0.3 is 0 Å². The fourth-order valence-electron chi connectivity index (χ4n) is 3.07. The van der Waals surface area contributed by atoms with E-state index in [-0.39, 0.29) is 5.49 Å². The van der Waals surface area contributed by atoms with Crippen molar-refractivity contribution in [1.29, 1.82) is 5.41 Å². The van der Waals surface area contributed by atoms with E-state index >= 15 is 0 Å². The van der Waals surface area contributed by atoms with Gasteiger partial charge in [-0.1, -0.05) is 13.5 Å². The maximum Gasteiger partial charge on any atom is 0.174 e. The van der Waals surface area contributed by atoms with E-state index in [0.717, 1.165) is 42.9 Å². The van der Waals surface area contributed by atoms with Crippen LogP contribution in [0.5, 0.6) is 0 Å². The zero-order valence-corrected chi connectivity index (χ0v) is 17.7. The number of nitrogens with one attached hydrogen (secondary N) is 3. The first-order valence-corrected chi connectivity index (χ1v) is 10.5. The standard InChI is InChI=1S/C20H28N8S/c1-4-7-25-29-18(11-16-6-5-8-22-12-16)26-20-19(21)28(10-9-23-20)15(2)17-13-24-27(3)14-17/h7,9-11,13-14,16,21-22H,2,4-6,8,12H2,1,3H3,(H,23,26)/b18-11+,21-19?,25-7-. The number of hydrogen-bond acceptors (Lipinski definition) is 7. The lowest BCUT2D eigenvalue weighted by atomic mass is 10.00. The number of aromatic nitrogens is 4. The Bertz CT molecular complexity index is 949. The summed E-state index contributed by atoms with van der Waals surface area (Å²) < 4.78 is 7.82. The maximum atomic E-state index is 8.62. The van der Waals surface area contributed by atoms with E-state index in [1.165, 1.54) is 11.9 Å². The molecule has 3 heterocycles. The number of nitrogens with zero attached hydrogens (tertiary/aromatic N) is 5. The predicted octanol–water partition coefficient (Wildman–Crippen LogP) is 3.00. The molecule has 3 rings (SSSR count). The zero-order chi connectivity index (χ0) is 20.6. The van der Waals surface area contributed by atoms with Crippen molar-refractivity contribution in [1.82, 2.24) is 24.6 Å². The molecule has 1 atom stereocenters. The van der Waals surface area contributed by atoms with Crippen LogP contribution in [-0.2, 0) is 7.05 Å². The third-order valence-electron chi connectivity index (χ3n) is 4.59. The summed E-state index contributed by atoms with van der Waals surface area (Å²) in [6.45, 7) is 8.21. The van der Waals surface area contributed by atoms with Gasteiger partial charge < -0.3 is 10.6 Å². The molecule has 1 aliphatic heterocycles. The Kier molecular flexibility index (Phi) is 7.42.